The average Bonchev–Trinajstić information content (AvgIpc) is 3.32. The van der Waals surface area contributed by atoms with Gasteiger partial charge < -0.3 is 14.8 Å². The van der Waals surface area contributed by atoms with Crippen molar-refractivity contribution in [1.29, 1.82) is 0 Å². The minimum absolute atomic E-state index is 0.506. The Balaban J connectivity index is 1.48. The van der Waals surface area contributed by atoms with Crippen LogP contribution < -0.4 is 4.74 Å². The van der Waals surface area contributed by atoms with Gasteiger partial charge in [0.1, 0.15) is 10.8 Å². The molecule has 0 aliphatic carbocycles. The number of H-pyrrole nitrogens is 1. The molecule has 0 aliphatic heterocycles. The number of aryl methyl sites for hydroxylation is 1. The van der Waals surface area contributed by atoms with E-state index in [9.17, 15) is 9.90 Å². The third kappa shape index (κ3) is 3.83. The first-order chi connectivity index (χ1) is 14.4. The van der Waals surface area contributed by atoms with Crippen molar-refractivity contribution in [2.24, 2.45) is 0 Å². The Morgan fingerprint density at radius 1 is 1.20 bits per heavy atom. The number of benzene rings is 2. The largest absolute Gasteiger partial charge is 0.493 e. The summed E-state index contributed by atoms with van der Waals surface area (Å²) in [4.78, 5) is 20.8. The molecule has 4 rings (SSSR count). The number of carboxylic acids is 1. The predicted octanol–water partition coefficient (Wildman–Crippen LogP) is 5.58. The van der Waals surface area contributed by atoms with E-state index in [1.165, 1.54) is 4.88 Å². The molecule has 0 bridgehead atoms. The molecule has 4 aromatic rings. The summed E-state index contributed by atoms with van der Waals surface area (Å²) in [6.45, 7) is 6.01. The molecule has 0 amide bonds. The summed E-state index contributed by atoms with van der Waals surface area (Å²) in [5.74, 6) is -0.136. The van der Waals surface area contributed by atoms with E-state index in [0.29, 0.717) is 13.0 Å². The van der Waals surface area contributed by atoms with Gasteiger partial charge in [0.25, 0.3) is 0 Å². The molecule has 5 nitrogen and oxygen atoms in total. The number of thiazole rings is 1. The summed E-state index contributed by atoms with van der Waals surface area (Å²) in [5, 5.41) is 11.5. The maximum Gasteiger partial charge on any atom is 0.313 e. The van der Waals surface area contributed by atoms with Crippen LogP contribution in [0.4, 0.5) is 0 Å². The van der Waals surface area contributed by atoms with Gasteiger partial charge in [-0.2, -0.15) is 0 Å². The summed E-state index contributed by atoms with van der Waals surface area (Å²) in [5.41, 5.74) is 2.84. The van der Waals surface area contributed by atoms with Crippen LogP contribution in [0.15, 0.2) is 54.7 Å². The molecule has 0 radical (unpaired) electrons. The molecule has 0 saturated heterocycles. The highest BCUT2D eigenvalue weighted by Crippen LogP contribution is 2.33. The van der Waals surface area contributed by atoms with Crippen LogP contribution in [0, 0.1) is 6.92 Å². The second-order valence-corrected chi connectivity index (χ2v) is 9.03. The van der Waals surface area contributed by atoms with Crippen molar-refractivity contribution in [2.75, 3.05) is 6.61 Å². The molecular weight excluding hydrogens is 396 g/mol. The van der Waals surface area contributed by atoms with E-state index >= 15 is 0 Å². The van der Waals surface area contributed by atoms with Crippen molar-refractivity contribution in [3.05, 3.63) is 70.9 Å². The Kier molecular flexibility index (Phi) is 5.35. The number of aromatic nitrogens is 2. The highest BCUT2D eigenvalue weighted by Gasteiger charge is 2.32. The van der Waals surface area contributed by atoms with Crippen molar-refractivity contribution in [1.82, 2.24) is 9.97 Å². The minimum Gasteiger partial charge on any atom is -0.493 e. The Morgan fingerprint density at radius 2 is 1.97 bits per heavy atom. The van der Waals surface area contributed by atoms with Gasteiger partial charge in [-0.25, -0.2) is 4.98 Å². The van der Waals surface area contributed by atoms with Crippen LogP contribution in [-0.2, 0) is 16.6 Å². The van der Waals surface area contributed by atoms with Crippen LogP contribution in [-0.4, -0.2) is 27.7 Å². The SMILES string of the molecule is Cc1sc(-c2ccccc2)nc1CCOc1ccc2[nH]cc(C(C)(C)C(=O)O)c2c1. The zero-order chi connectivity index (χ0) is 21.3. The van der Waals surface area contributed by atoms with Gasteiger partial charge in [0.05, 0.1) is 17.7 Å². The number of hydrogen-bond donors (Lipinski definition) is 2. The van der Waals surface area contributed by atoms with Crippen molar-refractivity contribution in [3.63, 3.8) is 0 Å². The molecule has 6 heteroatoms. The molecule has 0 fully saturated rings. The van der Waals surface area contributed by atoms with E-state index in [1.54, 1.807) is 31.4 Å². The number of aromatic amines is 1. The molecule has 2 heterocycles. The highest BCUT2D eigenvalue weighted by molar-refractivity contribution is 7.15. The van der Waals surface area contributed by atoms with Crippen LogP contribution in [0.2, 0.25) is 0 Å². The lowest BCUT2D eigenvalue weighted by Gasteiger charge is -2.18. The third-order valence-corrected chi connectivity index (χ3v) is 6.44. The quantitative estimate of drug-likeness (QED) is 0.409. The van der Waals surface area contributed by atoms with E-state index in [0.717, 1.165) is 38.5 Å². The maximum atomic E-state index is 11.7. The molecule has 0 spiro atoms. The van der Waals surface area contributed by atoms with Crippen molar-refractivity contribution < 1.29 is 14.6 Å². The second-order valence-electron chi connectivity index (χ2n) is 7.83. The van der Waals surface area contributed by atoms with Gasteiger partial charge in [-0.3, -0.25) is 4.79 Å². The van der Waals surface area contributed by atoms with Crippen LogP contribution in [0.1, 0.15) is 30.0 Å². The molecule has 0 saturated carbocycles. The van der Waals surface area contributed by atoms with Crippen LogP contribution >= 0.6 is 11.3 Å². The lowest BCUT2D eigenvalue weighted by atomic mass is 9.84. The van der Waals surface area contributed by atoms with E-state index in [1.807, 2.05) is 36.4 Å². The summed E-state index contributed by atoms with van der Waals surface area (Å²) in [7, 11) is 0. The van der Waals surface area contributed by atoms with Gasteiger partial charge in [0, 0.05) is 34.0 Å². The fourth-order valence-electron chi connectivity index (χ4n) is 3.45. The Bertz CT molecular complexity index is 1190. The van der Waals surface area contributed by atoms with Gasteiger partial charge in [0.15, 0.2) is 0 Å². The first kappa shape index (κ1) is 20.2. The number of aliphatic carboxylic acids is 1. The van der Waals surface area contributed by atoms with E-state index in [4.69, 9.17) is 9.72 Å². The van der Waals surface area contributed by atoms with Gasteiger partial charge >= 0.3 is 5.97 Å². The lowest BCUT2D eigenvalue weighted by Crippen LogP contribution is -2.28. The Hall–Kier alpha value is -3.12. The smallest absolute Gasteiger partial charge is 0.313 e. The highest BCUT2D eigenvalue weighted by atomic mass is 32.1. The van der Waals surface area contributed by atoms with Crippen molar-refractivity contribution >= 4 is 28.2 Å². The fourth-order valence-corrected chi connectivity index (χ4v) is 4.42. The topological polar surface area (TPSA) is 75.2 Å². The van der Waals surface area contributed by atoms with Gasteiger partial charge in [-0.1, -0.05) is 30.3 Å². The van der Waals surface area contributed by atoms with Crippen molar-refractivity contribution in [3.8, 4) is 16.3 Å². The maximum absolute atomic E-state index is 11.7. The molecule has 2 aromatic heterocycles. The molecule has 30 heavy (non-hydrogen) atoms. The molecule has 2 N–H and O–H groups in total. The number of rotatable bonds is 7. The summed E-state index contributed by atoms with van der Waals surface area (Å²) < 4.78 is 5.99. The van der Waals surface area contributed by atoms with Gasteiger partial charge in [0.2, 0.25) is 0 Å². The number of fused-ring (bicyclic) bond motifs is 1. The van der Waals surface area contributed by atoms with Crippen LogP contribution in [0.5, 0.6) is 5.75 Å². The summed E-state index contributed by atoms with van der Waals surface area (Å²) in [6.07, 6.45) is 2.49. The minimum atomic E-state index is -0.984. The fraction of sp³-hybridized carbons (Fsp3) is 0.250. The second kappa shape index (κ2) is 7.95. The molecule has 0 unspecified atom stereocenters. The van der Waals surface area contributed by atoms with Crippen LogP contribution in [0.25, 0.3) is 21.5 Å². The predicted molar refractivity (Wildman–Crippen MR) is 120 cm³/mol. The van der Waals surface area contributed by atoms with Crippen molar-refractivity contribution in [2.45, 2.75) is 32.6 Å². The molecule has 2 aromatic carbocycles. The molecule has 0 aliphatic rings. The third-order valence-electron chi connectivity index (χ3n) is 5.38. The molecule has 0 atom stereocenters. The summed E-state index contributed by atoms with van der Waals surface area (Å²) in [6, 6.07) is 15.9. The number of ether oxygens (including phenoxy) is 1. The van der Waals surface area contributed by atoms with Gasteiger partial charge in [-0.15, -0.1) is 11.3 Å². The average molecular weight is 421 g/mol. The first-order valence-electron chi connectivity index (χ1n) is 9.86. The van der Waals surface area contributed by atoms with Gasteiger partial charge in [-0.05, 0) is 44.5 Å². The van der Waals surface area contributed by atoms with E-state index < -0.39 is 11.4 Å². The van der Waals surface area contributed by atoms with E-state index in [-0.39, 0.29) is 0 Å². The Labute approximate surface area is 179 Å². The number of carbonyl (C=O) groups is 1. The number of carboxylic acid groups (broad SMARTS) is 1. The first-order valence-corrected chi connectivity index (χ1v) is 10.7. The Morgan fingerprint density at radius 3 is 2.70 bits per heavy atom. The summed E-state index contributed by atoms with van der Waals surface area (Å²) >= 11 is 1.70. The lowest BCUT2D eigenvalue weighted by molar-refractivity contribution is -0.142. The monoisotopic (exact) mass is 420 g/mol. The number of nitrogens with zero attached hydrogens (tertiary/aromatic N) is 1. The number of nitrogens with one attached hydrogen (secondary N) is 1. The number of hydrogen-bond acceptors (Lipinski definition) is 4. The zero-order valence-electron chi connectivity index (χ0n) is 17.2. The zero-order valence-corrected chi connectivity index (χ0v) is 18.0. The molecule has 154 valence electrons. The molecular formula is C24H24N2O3S. The van der Waals surface area contributed by atoms with Crippen LogP contribution in [0.3, 0.4) is 0 Å². The standard InChI is InChI=1S/C24H24N2O3S/c1-15-20(26-22(30-15)16-7-5-4-6-8-16)11-12-29-17-9-10-21-18(13-17)19(14-25-21)24(2,3)23(27)28/h4-10,13-14,25H,11-12H2,1-3H3,(H,27,28). The normalized spacial score (nSPS) is 11.7. The van der Waals surface area contributed by atoms with E-state index in [2.05, 4.69) is 24.0 Å².